The van der Waals surface area contributed by atoms with Crippen molar-refractivity contribution in [3.05, 3.63) is 11.6 Å². The van der Waals surface area contributed by atoms with Gasteiger partial charge in [-0.25, -0.2) is 4.79 Å². The van der Waals surface area contributed by atoms with E-state index in [1.165, 1.54) is 20.1 Å². The Kier molecular flexibility index (Phi) is 6.39. The number of carboxylic acids is 1. The fourth-order valence-corrected chi connectivity index (χ4v) is 0.655. The van der Waals surface area contributed by atoms with Gasteiger partial charge in [-0.15, -0.1) is 0 Å². The highest BCUT2D eigenvalue weighted by Gasteiger charge is 2.05. The SMILES string of the molecule is COCCOC(=O)C(C)=CCC(=O)O. The first-order valence-corrected chi connectivity index (χ1v) is 4.12. The first-order valence-electron chi connectivity index (χ1n) is 4.12. The average Bonchev–Trinajstić information content (AvgIpc) is 2.14. The molecule has 0 saturated heterocycles. The molecule has 0 aromatic carbocycles. The van der Waals surface area contributed by atoms with Gasteiger partial charge in [-0.3, -0.25) is 4.79 Å². The van der Waals surface area contributed by atoms with E-state index in [9.17, 15) is 9.59 Å². The van der Waals surface area contributed by atoms with Crippen molar-refractivity contribution in [2.75, 3.05) is 20.3 Å². The zero-order valence-electron chi connectivity index (χ0n) is 8.28. The molecule has 80 valence electrons. The molecule has 0 amide bonds. The van der Waals surface area contributed by atoms with Crippen LogP contribution >= 0.6 is 0 Å². The van der Waals surface area contributed by atoms with E-state index in [1.54, 1.807) is 0 Å². The second-order valence-electron chi connectivity index (χ2n) is 2.61. The number of esters is 1. The van der Waals surface area contributed by atoms with Crippen LogP contribution in [-0.4, -0.2) is 37.4 Å². The highest BCUT2D eigenvalue weighted by atomic mass is 16.6. The monoisotopic (exact) mass is 202 g/mol. The maximum absolute atomic E-state index is 11.1. The maximum atomic E-state index is 11.1. The summed E-state index contributed by atoms with van der Waals surface area (Å²) >= 11 is 0. The molecule has 0 spiro atoms. The molecule has 0 aromatic rings. The number of hydrogen-bond donors (Lipinski definition) is 1. The largest absolute Gasteiger partial charge is 0.481 e. The number of hydrogen-bond acceptors (Lipinski definition) is 4. The van der Waals surface area contributed by atoms with Crippen LogP contribution in [0.15, 0.2) is 11.6 Å². The zero-order chi connectivity index (χ0) is 11.0. The number of carbonyl (C=O) groups excluding carboxylic acids is 1. The number of ether oxygens (including phenoxy) is 2. The van der Waals surface area contributed by atoms with E-state index < -0.39 is 11.9 Å². The fraction of sp³-hybridized carbons (Fsp3) is 0.556. The van der Waals surface area contributed by atoms with Gasteiger partial charge in [0.1, 0.15) is 6.61 Å². The molecule has 0 heterocycles. The van der Waals surface area contributed by atoms with Crippen LogP contribution in [0.1, 0.15) is 13.3 Å². The summed E-state index contributed by atoms with van der Waals surface area (Å²) in [5.41, 5.74) is 0.295. The second-order valence-corrected chi connectivity index (χ2v) is 2.61. The zero-order valence-corrected chi connectivity index (χ0v) is 8.28. The molecule has 0 aliphatic carbocycles. The quantitative estimate of drug-likeness (QED) is 0.388. The van der Waals surface area contributed by atoms with Crippen molar-refractivity contribution in [2.24, 2.45) is 0 Å². The molecular formula is C9H14O5. The predicted octanol–water partition coefficient (Wildman–Crippen LogP) is 0.597. The van der Waals surface area contributed by atoms with Crippen LogP contribution in [0.5, 0.6) is 0 Å². The van der Waals surface area contributed by atoms with Crippen LogP contribution in [-0.2, 0) is 19.1 Å². The van der Waals surface area contributed by atoms with Gasteiger partial charge in [0.2, 0.25) is 0 Å². The van der Waals surface area contributed by atoms with Crippen molar-refractivity contribution < 1.29 is 24.2 Å². The Hall–Kier alpha value is -1.36. The van der Waals surface area contributed by atoms with Crippen LogP contribution in [0, 0.1) is 0 Å². The van der Waals surface area contributed by atoms with Crippen LogP contribution in [0.25, 0.3) is 0 Å². The van der Waals surface area contributed by atoms with Crippen molar-refractivity contribution >= 4 is 11.9 Å². The van der Waals surface area contributed by atoms with Gasteiger partial charge in [0.15, 0.2) is 0 Å². The molecule has 0 fully saturated rings. The Morgan fingerprint density at radius 2 is 2.00 bits per heavy atom. The third-order valence-electron chi connectivity index (χ3n) is 1.43. The third kappa shape index (κ3) is 6.19. The third-order valence-corrected chi connectivity index (χ3v) is 1.43. The lowest BCUT2D eigenvalue weighted by Gasteiger charge is -2.03. The van der Waals surface area contributed by atoms with Crippen molar-refractivity contribution in [1.29, 1.82) is 0 Å². The molecule has 0 aromatic heterocycles. The van der Waals surface area contributed by atoms with Crippen molar-refractivity contribution in [2.45, 2.75) is 13.3 Å². The Balaban J connectivity index is 3.86. The van der Waals surface area contributed by atoms with Gasteiger partial charge in [0, 0.05) is 12.7 Å². The Bertz CT molecular complexity index is 231. The first-order chi connectivity index (χ1) is 6.57. The van der Waals surface area contributed by atoms with Gasteiger partial charge in [-0.05, 0) is 6.92 Å². The Morgan fingerprint density at radius 1 is 1.36 bits per heavy atom. The van der Waals surface area contributed by atoms with E-state index in [0.29, 0.717) is 12.2 Å². The molecule has 0 rings (SSSR count). The van der Waals surface area contributed by atoms with Gasteiger partial charge in [0.05, 0.1) is 13.0 Å². The standard InChI is InChI=1S/C9H14O5/c1-7(3-4-8(10)11)9(12)14-6-5-13-2/h3H,4-6H2,1-2H3,(H,10,11). The molecule has 1 N–H and O–H groups in total. The first kappa shape index (κ1) is 12.6. The minimum absolute atomic E-state index is 0.174. The Labute approximate surface area is 82.3 Å². The molecule has 0 atom stereocenters. The van der Waals surface area contributed by atoms with Crippen molar-refractivity contribution in [3.63, 3.8) is 0 Å². The van der Waals surface area contributed by atoms with Gasteiger partial charge >= 0.3 is 11.9 Å². The highest BCUT2D eigenvalue weighted by Crippen LogP contribution is 1.98. The van der Waals surface area contributed by atoms with Crippen LogP contribution in [0.2, 0.25) is 0 Å². The molecule has 14 heavy (non-hydrogen) atoms. The van der Waals surface area contributed by atoms with Gasteiger partial charge in [0.25, 0.3) is 0 Å². The summed E-state index contributed by atoms with van der Waals surface area (Å²) in [6, 6.07) is 0. The summed E-state index contributed by atoms with van der Waals surface area (Å²) < 4.78 is 9.43. The van der Waals surface area contributed by atoms with Crippen molar-refractivity contribution in [1.82, 2.24) is 0 Å². The molecule has 5 nitrogen and oxygen atoms in total. The molecule has 5 heteroatoms. The molecule has 0 saturated carbocycles. The summed E-state index contributed by atoms with van der Waals surface area (Å²) in [7, 11) is 1.50. The number of methoxy groups -OCH3 is 1. The number of rotatable bonds is 6. The molecular weight excluding hydrogens is 188 g/mol. The molecule has 0 radical (unpaired) electrons. The second kappa shape index (κ2) is 7.08. The summed E-state index contributed by atoms with van der Waals surface area (Å²) in [6.45, 7) is 2.02. The molecule has 0 unspecified atom stereocenters. The predicted molar refractivity (Wildman–Crippen MR) is 48.8 cm³/mol. The summed E-state index contributed by atoms with van der Waals surface area (Å²) in [4.78, 5) is 21.3. The average molecular weight is 202 g/mol. The minimum Gasteiger partial charge on any atom is -0.481 e. The lowest BCUT2D eigenvalue weighted by molar-refractivity contribution is -0.140. The van der Waals surface area contributed by atoms with Gasteiger partial charge in [-0.2, -0.15) is 0 Å². The number of carboxylic acid groups (broad SMARTS) is 1. The van der Waals surface area contributed by atoms with Crippen molar-refractivity contribution in [3.8, 4) is 0 Å². The lowest BCUT2D eigenvalue weighted by atomic mass is 10.2. The molecule has 0 aliphatic heterocycles. The Morgan fingerprint density at radius 3 is 2.50 bits per heavy atom. The van der Waals surface area contributed by atoms with Crippen LogP contribution < -0.4 is 0 Å². The minimum atomic E-state index is -0.978. The van der Waals surface area contributed by atoms with Crippen LogP contribution in [0.3, 0.4) is 0 Å². The number of aliphatic carboxylic acids is 1. The van der Waals surface area contributed by atoms with E-state index in [1.807, 2.05) is 0 Å². The number of carbonyl (C=O) groups is 2. The topological polar surface area (TPSA) is 72.8 Å². The van der Waals surface area contributed by atoms with E-state index in [4.69, 9.17) is 9.84 Å². The summed E-state index contributed by atoms with van der Waals surface area (Å²) in [5, 5.41) is 8.34. The van der Waals surface area contributed by atoms with E-state index in [0.717, 1.165) is 0 Å². The van der Waals surface area contributed by atoms with E-state index in [2.05, 4.69) is 4.74 Å². The summed E-state index contributed by atoms with van der Waals surface area (Å²) in [6.07, 6.45) is 1.14. The van der Waals surface area contributed by atoms with E-state index >= 15 is 0 Å². The molecule has 0 aliphatic rings. The van der Waals surface area contributed by atoms with Crippen LogP contribution in [0.4, 0.5) is 0 Å². The normalized spacial score (nSPS) is 11.1. The lowest BCUT2D eigenvalue weighted by Crippen LogP contribution is -2.10. The van der Waals surface area contributed by atoms with E-state index in [-0.39, 0.29) is 13.0 Å². The van der Waals surface area contributed by atoms with Gasteiger partial charge in [-0.1, -0.05) is 6.08 Å². The maximum Gasteiger partial charge on any atom is 0.333 e. The summed E-state index contributed by atoms with van der Waals surface area (Å²) in [5.74, 6) is -1.49. The smallest absolute Gasteiger partial charge is 0.333 e. The molecule has 0 bridgehead atoms. The fourth-order valence-electron chi connectivity index (χ4n) is 0.655. The van der Waals surface area contributed by atoms with Gasteiger partial charge < -0.3 is 14.6 Å². The highest BCUT2D eigenvalue weighted by molar-refractivity contribution is 5.88.